The molecular weight excluding hydrogens is 477 g/mol. The van der Waals surface area contributed by atoms with Crippen molar-refractivity contribution in [2.24, 2.45) is 5.73 Å². The highest BCUT2D eigenvalue weighted by molar-refractivity contribution is 7.81. The summed E-state index contributed by atoms with van der Waals surface area (Å²) in [6, 6.07) is 12.2. The first-order valence-corrected chi connectivity index (χ1v) is 11.6. The lowest BCUT2D eigenvalue weighted by molar-refractivity contribution is -0.137. The molecule has 4 rings (SSSR count). The van der Waals surface area contributed by atoms with Gasteiger partial charge in [0.1, 0.15) is 5.54 Å². The second kappa shape index (κ2) is 8.96. The average molecular weight is 501 g/mol. The Morgan fingerprint density at radius 3 is 2.34 bits per heavy atom. The summed E-state index contributed by atoms with van der Waals surface area (Å²) in [5.41, 5.74) is 4.32. The van der Waals surface area contributed by atoms with Crippen LogP contribution in [0.5, 0.6) is 0 Å². The first-order chi connectivity index (χ1) is 16.5. The summed E-state index contributed by atoms with van der Waals surface area (Å²) in [5, 5.41) is 9.20. The fourth-order valence-electron chi connectivity index (χ4n) is 4.69. The highest BCUT2D eigenvalue weighted by Crippen LogP contribution is 2.48. The van der Waals surface area contributed by atoms with Crippen LogP contribution in [0.2, 0.25) is 0 Å². The standard InChI is InChI=1S/C25H23F3N4O2S/c1-15(3-10-21(30)33)16-4-7-18(8-5-16)32-23(35)31(22(34)24(32)11-2-12-24)19-9-6-17(14-29)20(13-19)25(26,27)28/h4-9,13,15H,2-3,10-12H2,1H3,(H2,30,33). The summed E-state index contributed by atoms with van der Waals surface area (Å²) in [6.45, 7) is 1.99. The molecule has 182 valence electrons. The van der Waals surface area contributed by atoms with E-state index >= 15 is 0 Å². The predicted molar refractivity (Wildman–Crippen MR) is 129 cm³/mol. The second-order valence-corrected chi connectivity index (χ2v) is 9.35. The van der Waals surface area contributed by atoms with Crippen molar-refractivity contribution in [1.29, 1.82) is 5.26 Å². The normalized spacial score (nSPS) is 17.9. The second-order valence-electron chi connectivity index (χ2n) is 8.98. The van der Waals surface area contributed by atoms with E-state index in [2.05, 4.69) is 0 Å². The molecule has 1 aliphatic heterocycles. The zero-order valence-electron chi connectivity index (χ0n) is 18.9. The van der Waals surface area contributed by atoms with Gasteiger partial charge in [0.05, 0.1) is 22.9 Å². The topological polar surface area (TPSA) is 90.4 Å². The maximum Gasteiger partial charge on any atom is 0.417 e. The van der Waals surface area contributed by atoms with Gasteiger partial charge in [0, 0.05) is 12.1 Å². The van der Waals surface area contributed by atoms with Crippen LogP contribution in [0.25, 0.3) is 0 Å². The average Bonchev–Trinajstić information content (AvgIpc) is 3.03. The van der Waals surface area contributed by atoms with Gasteiger partial charge in [-0.25, -0.2) is 0 Å². The first kappa shape index (κ1) is 24.7. The third-order valence-electron chi connectivity index (χ3n) is 6.82. The van der Waals surface area contributed by atoms with Crippen LogP contribution >= 0.6 is 12.2 Å². The Morgan fingerprint density at radius 1 is 1.20 bits per heavy atom. The number of carbonyl (C=O) groups is 2. The molecule has 2 aromatic rings. The fraction of sp³-hybridized carbons (Fsp3) is 0.360. The molecule has 2 aromatic carbocycles. The lowest BCUT2D eigenvalue weighted by Gasteiger charge is -2.43. The minimum absolute atomic E-state index is 0.0169. The molecule has 1 aliphatic carbocycles. The number of nitriles is 1. The van der Waals surface area contributed by atoms with Gasteiger partial charge in [-0.15, -0.1) is 0 Å². The number of alkyl halides is 3. The molecule has 2 N–H and O–H groups in total. The molecule has 1 unspecified atom stereocenters. The molecular formula is C25H23F3N4O2S. The maximum absolute atomic E-state index is 13.6. The first-order valence-electron chi connectivity index (χ1n) is 11.2. The lowest BCUT2D eigenvalue weighted by Crippen LogP contribution is -2.55. The number of halogens is 3. The number of benzene rings is 2. The van der Waals surface area contributed by atoms with Crippen LogP contribution in [-0.4, -0.2) is 22.5 Å². The Labute approximate surface area is 206 Å². The molecule has 2 amide bonds. The number of hydrogen-bond acceptors (Lipinski definition) is 4. The van der Waals surface area contributed by atoms with Crippen LogP contribution in [0.15, 0.2) is 42.5 Å². The monoisotopic (exact) mass is 500 g/mol. The van der Waals surface area contributed by atoms with E-state index < -0.39 is 22.8 Å². The number of thiocarbonyl (C=S) groups is 1. The van der Waals surface area contributed by atoms with Gasteiger partial charge < -0.3 is 10.6 Å². The molecule has 1 atom stereocenters. The highest BCUT2D eigenvalue weighted by Gasteiger charge is 2.59. The molecule has 2 aliphatic rings. The van der Waals surface area contributed by atoms with Crippen LogP contribution in [0.1, 0.15) is 61.6 Å². The number of carbonyl (C=O) groups excluding carboxylic acids is 2. The van der Waals surface area contributed by atoms with Crippen LogP contribution in [0, 0.1) is 11.3 Å². The van der Waals surface area contributed by atoms with Gasteiger partial charge in [0.25, 0.3) is 5.91 Å². The van der Waals surface area contributed by atoms with E-state index in [9.17, 15) is 22.8 Å². The highest BCUT2D eigenvalue weighted by atomic mass is 32.1. The van der Waals surface area contributed by atoms with Crippen molar-refractivity contribution in [2.75, 3.05) is 9.80 Å². The van der Waals surface area contributed by atoms with Gasteiger partial charge in [-0.3, -0.25) is 14.5 Å². The van der Waals surface area contributed by atoms with E-state index in [1.165, 1.54) is 6.07 Å². The predicted octanol–water partition coefficient (Wildman–Crippen LogP) is 5.01. The Balaban J connectivity index is 1.68. The summed E-state index contributed by atoms with van der Waals surface area (Å²) >= 11 is 5.64. The Bertz CT molecular complexity index is 1230. The van der Waals surface area contributed by atoms with Crippen molar-refractivity contribution in [3.63, 3.8) is 0 Å². The van der Waals surface area contributed by atoms with Crippen molar-refractivity contribution in [2.45, 2.75) is 56.7 Å². The molecule has 0 radical (unpaired) electrons. The third kappa shape index (κ3) is 4.25. The van der Waals surface area contributed by atoms with Crippen molar-refractivity contribution in [1.82, 2.24) is 0 Å². The number of primary amides is 1. The molecule has 35 heavy (non-hydrogen) atoms. The molecule has 0 bridgehead atoms. The minimum atomic E-state index is -4.75. The summed E-state index contributed by atoms with van der Waals surface area (Å²) in [4.78, 5) is 27.5. The quantitative estimate of drug-likeness (QED) is 0.564. The van der Waals surface area contributed by atoms with E-state index in [1.54, 1.807) is 11.0 Å². The lowest BCUT2D eigenvalue weighted by atomic mass is 9.75. The van der Waals surface area contributed by atoms with E-state index in [4.69, 9.17) is 23.2 Å². The van der Waals surface area contributed by atoms with E-state index in [-0.39, 0.29) is 35.0 Å². The number of anilines is 2. The Hall–Kier alpha value is -3.45. The van der Waals surface area contributed by atoms with Crippen molar-refractivity contribution >= 4 is 40.5 Å². The summed E-state index contributed by atoms with van der Waals surface area (Å²) < 4.78 is 40.6. The van der Waals surface area contributed by atoms with Gasteiger partial charge in [0.2, 0.25) is 5.91 Å². The Kier molecular flexibility index (Phi) is 6.32. The van der Waals surface area contributed by atoms with Crippen molar-refractivity contribution in [3.05, 3.63) is 59.2 Å². The number of hydrogen-bond donors (Lipinski definition) is 1. The van der Waals surface area contributed by atoms with Gasteiger partial charge in [-0.2, -0.15) is 18.4 Å². The number of nitrogens with two attached hydrogens (primary N) is 1. The maximum atomic E-state index is 13.6. The van der Waals surface area contributed by atoms with Gasteiger partial charge in [-0.1, -0.05) is 19.1 Å². The van der Waals surface area contributed by atoms with Crippen LogP contribution < -0.4 is 15.5 Å². The fourth-order valence-corrected chi connectivity index (χ4v) is 5.16. The SMILES string of the molecule is CC(CCC(N)=O)c1ccc(N2C(=S)N(c3ccc(C#N)c(C(F)(F)F)c3)C(=O)C23CCC3)cc1. The van der Waals surface area contributed by atoms with Gasteiger partial charge >= 0.3 is 6.18 Å². The molecule has 1 heterocycles. The van der Waals surface area contributed by atoms with Crippen LogP contribution in [0.3, 0.4) is 0 Å². The van der Waals surface area contributed by atoms with Crippen LogP contribution in [0.4, 0.5) is 24.5 Å². The molecule has 1 saturated heterocycles. The van der Waals surface area contributed by atoms with E-state index in [1.807, 2.05) is 31.2 Å². The Morgan fingerprint density at radius 2 is 1.83 bits per heavy atom. The smallest absolute Gasteiger partial charge is 0.370 e. The van der Waals surface area contributed by atoms with Crippen LogP contribution in [-0.2, 0) is 15.8 Å². The van der Waals surface area contributed by atoms with Crippen molar-refractivity contribution in [3.8, 4) is 6.07 Å². The number of amides is 2. The van der Waals surface area contributed by atoms with E-state index in [0.29, 0.717) is 24.9 Å². The number of rotatable bonds is 6. The molecule has 0 aromatic heterocycles. The zero-order chi connectivity index (χ0) is 25.5. The molecule has 2 fully saturated rings. The largest absolute Gasteiger partial charge is 0.417 e. The molecule has 6 nitrogen and oxygen atoms in total. The number of nitrogens with zero attached hydrogens (tertiary/aromatic N) is 3. The molecule has 1 saturated carbocycles. The summed E-state index contributed by atoms with van der Waals surface area (Å²) in [6.07, 6.45) is -2.02. The van der Waals surface area contributed by atoms with Crippen molar-refractivity contribution < 1.29 is 22.8 Å². The van der Waals surface area contributed by atoms with Gasteiger partial charge in [0.15, 0.2) is 5.11 Å². The summed E-state index contributed by atoms with van der Waals surface area (Å²) in [5.74, 6) is -0.638. The zero-order valence-corrected chi connectivity index (χ0v) is 19.7. The van der Waals surface area contributed by atoms with Gasteiger partial charge in [-0.05, 0) is 79.7 Å². The third-order valence-corrected chi connectivity index (χ3v) is 7.19. The molecule has 10 heteroatoms. The molecule has 1 spiro atoms. The van der Waals surface area contributed by atoms with E-state index in [0.717, 1.165) is 29.0 Å². The summed E-state index contributed by atoms with van der Waals surface area (Å²) in [7, 11) is 0. The minimum Gasteiger partial charge on any atom is -0.370 e.